The first kappa shape index (κ1) is 15.9. The number of rotatable bonds is 5. The Hall–Kier alpha value is -1.51. The number of ether oxygens (including phenoxy) is 1. The van der Waals surface area contributed by atoms with Crippen LogP contribution in [0, 0.1) is 0 Å². The number of aromatic nitrogens is 2. The molecule has 1 aromatic rings. The highest BCUT2D eigenvalue weighted by molar-refractivity contribution is 5.90. The topological polar surface area (TPSA) is 101 Å². The van der Waals surface area contributed by atoms with Crippen LogP contribution in [0.25, 0.3) is 0 Å². The van der Waals surface area contributed by atoms with Crippen LogP contribution in [0.5, 0.6) is 0 Å². The molecule has 2 atom stereocenters. The van der Waals surface area contributed by atoms with Crippen LogP contribution in [0.15, 0.2) is 4.42 Å². The van der Waals surface area contributed by atoms with Gasteiger partial charge in [0.2, 0.25) is 11.8 Å². The first-order valence-corrected chi connectivity index (χ1v) is 7.09. The molecule has 21 heavy (non-hydrogen) atoms. The number of carbonyl (C=O) groups is 1. The fraction of sp³-hybridized carbons (Fsp3) is 0.769. The zero-order valence-electron chi connectivity index (χ0n) is 12.6. The maximum absolute atomic E-state index is 12.0. The second kappa shape index (κ2) is 6.97. The lowest BCUT2D eigenvalue weighted by Gasteiger charge is -2.35. The summed E-state index contributed by atoms with van der Waals surface area (Å²) in [5.41, 5.74) is 0. The SMILES string of the molecule is CC1CN(CC(=O)Nc2nnc(C(C)C)o2)CC(CO)O1. The standard InChI is InChI=1S/C13H22N4O4/c1-8(2)12-15-16-13(21-12)14-11(19)6-17-4-9(3)20-10(5-17)7-18/h8-10,18H,4-7H2,1-3H3,(H,14,16,19). The van der Waals surface area contributed by atoms with Crippen molar-refractivity contribution in [3.05, 3.63) is 5.89 Å². The molecule has 1 amide bonds. The van der Waals surface area contributed by atoms with E-state index in [-0.39, 0.29) is 43.2 Å². The summed E-state index contributed by atoms with van der Waals surface area (Å²) in [7, 11) is 0. The minimum atomic E-state index is -0.252. The van der Waals surface area contributed by atoms with E-state index in [2.05, 4.69) is 15.5 Å². The van der Waals surface area contributed by atoms with Crippen molar-refractivity contribution in [2.75, 3.05) is 31.6 Å². The van der Waals surface area contributed by atoms with Gasteiger partial charge in [-0.1, -0.05) is 18.9 Å². The molecule has 0 aromatic carbocycles. The smallest absolute Gasteiger partial charge is 0.322 e. The predicted molar refractivity (Wildman–Crippen MR) is 74.9 cm³/mol. The highest BCUT2D eigenvalue weighted by Gasteiger charge is 2.26. The largest absolute Gasteiger partial charge is 0.408 e. The number of nitrogens with zero attached hydrogens (tertiary/aromatic N) is 3. The summed E-state index contributed by atoms with van der Waals surface area (Å²) in [5.74, 6) is 0.388. The average Bonchev–Trinajstić information content (AvgIpc) is 2.86. The molecule has 0 spiro atoms. The van der Waals surface area contributed by atoms with E-state index in [0.29, 0.717) is 19.0 Å². The van der Waals surface area contributed by atoms with Gasteiger partial charge in [0.05, 0.1) is 25.4 Å². The van der Waals surface area contributed by atoms with Crippen molar-refractivity contribution in [2.45, 2.75) is 38.9 Å². The summed E-state index contributed by atoms with van der Waals surface area (Å²) >= 11 is 0. The first-order valence-electron chi connectivity index (χ1n) is 7.09. The minimum Gasteiger partial charge on any atom is -0.408 e. The molecule has 0 radical (unpaired) electrons. The summed E-state index contributed by atoms with van der Waals surface area (Å²) in [5, 5.41) is 19.4. The fourth-order valence-corrected chi connectivity index (χ4v) is 2.25. The number of aliphatic hydroxyl groups is 1. The summed E-state index contributed by atoms with van der Waals surface area (Å²) in [6, 6.07) is 0.115. The van der Waals surface area contributed by atoms with E-state index >= 15 is 0 Å². The van der Waals surface area contributed by atoms with Crippen molar-refractivity contribution >= 4 is 11.9 Å². The van der Waals surface area contributed by atoms with Crippen molar-refractivity contribution in [1.82, 2.24) is 15.1 Å². The molecule has 0 bridgehead atoms. The Morgan fingerprint density at radius 2 is 2.24 bits per heavy atom. The Balaban J connectivity index is 1.86. The third-order valence-corrected chi connectivity index (χ3v) is 3.15. The van der Waals surface area contributed by atoms with Gasteiger partial charge >= 0.3 is 6.01 Å². The van der Waals surface area contributed by atoms with E-state index in [1.807, 2.05) is 25.7 Å². The molecule has 2 rings (SSSR count). The molecular formula is C13H22N4O4. The number of morpholine rings is 1. The lowest BCUT2D eigenvalue weighted by Crippen LogP contribution is -2.50. The van der Waals surface area contributed by atoms with Gasteiger partial charge in [-0.25, -0.2) is 0 Å². The fourth-order valence-electron chi connectivity index (χ4n) is 2.25. The van der Waals surface area contributed by atoms with Crippen LogP contribution in [0.4, 0.5) is 6.01 Å². The number of aliphatic hydroxyl groups excluding tert-OH is 1. The molecule has 1 aromatic heterocycles. The van der Waals surface area contributed by atoms with Crippen molar-refractivity contribution in [3.63, 3.8) is 0 Å². The molecule has 8 heteroatoms. The van der Waals surface area contributed by atoms with Gasteiger partial charge < -0.3 is 14.3 Å². The maximum Gasteiger partial charge on any atom is 0.322 e. The lowest BCUT2D eigenvalue weighted by atomic mass is 10.2. The maximum atomic E-state index is 12.0. The van der Waals surface area contributed by atoms with Gasteiger partial charge in [0.1, 0.15) is 0 Å². The van der Waals surface area contributed by atoms with Gasteiger partial charge in [-0.05, 0) is 6.92 Å². The number of hydrogen-bond donors (Lipinski definition) is 2. The molecule has 118 valence electrons. The Morgan fingerprint density at radius 3 is 2.86 bits per heavy atom. The monoisotopic (exact) mass is 298 g/mol. The van der Waals surface area contributed by atoms with Gasteiger partial charge in [0, 0.05) is 19.0 Å². The Bertz CT molecular complexity index is 476. The molecule has 2 heterocycles. The second-order valence-electron chi connectivity index (χ2n) is 5.59. The van der Waals surface area contributed by atoms with Crippen LogP contribution >= 0.6 is 0 Å². The van der Waals surface area contributed by atoms with Gasteiger partial charge in [-0.15, -0.1) is 5.10 Å². The average molecular weight is 298 g/mol. The highest BCUT2D eigenvalue weighted by atomic mass is 16.5. The molecule has 0 aliphatic carbocycles. The van der Waals surface area contributed by atoms with Crippen molar-refractivity contribution in [2.24, 2.45) is 0 Å². The number of carbonyl (C=O) groups excluding carboxylic acids is 1. The van der Waals surface area contributed by atoms with E-state index < -0.39 is 0 Å². The molecule has 1 aliphatic rings. The molecule has 1 saturated heterocycles. The van der Waals surface area contributed by atoms with Gasteiger partial charge in [-0.3, -0.25) is 15.0 Å². The van der Waals surface area contributed by atoms with Crippen LogP contribution in [-0.4, -0.2) is 64.6 Å². The molecule has 0 saturated carbocycles. The molecule has 2 N–H and O–H groups in total. The normalized spacial score (nSPS) is 23.5. The molecule has 2 unspecified atom stereocenters. The van der Waals surface area contributed by atoms with Crippen LogP contribution in [0.3, 0.4) is 0 Å². The summed E-state index contributed by atoms with van der Waals surface area (Å²) < 4.78 is 10.9. The van der Waals surface area contributed by atoms with E-state index in [4.69, 9.17) is 14.3 Å². The van der Waals surface area contributed by atoms with Crippen molar-refractivity contribution < 1.29 is 19.1 Å². The minimum absolute atomic E-state index is 0.0142. The van der Waals surface area contributed by atoms with Gasteiger partial charge in [0.25, 0.3) is 0 Å². The highest BCUT2D eigenvalue weighted by Crippen LogP contribution is 2.15. The zero-order valence-corrected chi connectivity index (χ0v) is 12.6. The van der Waals surface area contributed by atoms with Crippen LogP contribution in [0.1, 0.15) is 32.6 Å². The first-order chi connectivity index (χ1) is 9.97. The molecule has 8 nitrogen and oxygen atoms in total. The Morgan fingerprint density at radius 1 is 1.48 bits per heavy atom. The lowest BCUT2D eigenvalue weighted by molar-refractivity contribution is -0.124. The summed E-state index contributed by atoms with van der Waals surface area (Å²) in [6.45, 7) is 7.10. The van der Waals surface area contributed by atoms with E-state index in [1.165, 1.54) is 0 Å². The summed E-state index contributed by atoms with van der Waals surface area (Å²) in [4.78, 5) is 13.9. The predicted octanol–water partition coefficient (Wildman–Crippen LogP) is 0.213. The molecular weight excluding hydrogens is 276 g/mol. The van der Waals surface area contributed by atoms with Gasteiger partial charge in [0.15, 0.2) is 0 Å². The Kier molecular flexibility index (Phi) is 5.27. The van der Waals surface area contributed by atoms with E-state index in [9.17, 15) is 4.79 Å². The third-order valence-electron chi connectivity index (χ3n) is 3.15. The second-order valence-corrected chi connectivity index (χ2v) is 5.59. The summed E-state index contributed by atoms with van der Waals surface area (Å²) in [6.07, 6.45) is -0.267. The van der Waals surface area contributed by atoms with Crippen LogP contribution in [-0.2, 0) is 9.53 Å². The van der Waals surface area contributed by atoms with Crippen LogP contribution in [0.2, 0.25) is 0 Å². The zero-order chi connectivity index (χ0) is 15.4. The van der Waals surface area contributed by atoms with E-state index in [0.717, 1.165) is 0 Å². The number of amides is 1. The number of hydrogen-bond acceptors (Lipinski definition) is 7. The molecule has 1 aliphatic heterocycles. The van der Waals surface area contributed by atoms with Crippen LogP contribution < -0.4 is 5.32 Å². The molecule has 1 fully saturated rings. The van der Waals surface area contributed by atoms with Crippen molar-refractivity contribution in [3.8, 4) is 0 Å². The van der Waals surface area contributed by atoms with Crippen molar-refractivity contribution in [1.29, 1.82) is 0 Å². The number of anilines is 1. The third kappa shape index (κ3) is 4.48. The van der Waals surface area contributed by atoms with Gasteiger partial charge in [-0.2, -0.15) is 0 Å². The quantitative estimate of drug-likeness (QED) is 0.801. The van der Waals surface area contributed by atoms with E-state index in [1.54, 1.807) is 0 Å². The Labute approximate surface area is 123 Å². The number of nitrogens with one attached hydrogen (secondary N) is 1.